The highest BCUT2D eigenvalue weighted by molar-refractivity contribution is 14.1. The van der Waals surface area contributed by atoms with Crippen LogP contribution in [0.3, 0.4) is 0 Å². The third kappa shape index (κ3) is 3.65. The van der Waals surface area contributed by atoms with Crippen molar-refractivity contribution in [3.05, 3.63) is 67.2 Å². The van der Waals surface area contributed by atoms with E-state index in [-0.39, 0.29) is 11.9 Å². The fraction of sp³-hybridized carbons (Fsp3) is 0.133. The Hall–Kier alpha value is -0.780. The quantitative estimate of drug-likeness (QED) is 0.689. The second kappa shape index (κ2) is 6.78. The fourth-order valence-electron chi connectivity index (χ4n) is 1.78. The molecule has 2 aromatic carbocycles. The first kappa shape index (κ1) is 15.6. The number of amides is 1. The number of carbonyl (C=O) groups is 1. The van der Waals surface area contributed by atoms with Crippen LogP contribution in [0.4, 0.5) is 0 Å². The molecule has 0 radical (unpaired) electrons. The highest BCUT2D eigenvalue weighted by Gasteiger charge is 2.14. The smallest absolute Gasteiger partial charge is 0.252 e. The molecule has 1 unspecified atom stereocenters. The van der Waals surface area contributed by atoms with E-state index in [1.165, 1.54) is 0 Å². The van der Waals surface area contributed by atoms with Crippen molar-refractivity contribution in [2.45, 2.75) is 13.0 Å². The van der Waals surface area contributed by atoms with Crippen LogP contribution in [0, 0.1) is 3.57 Å². The Morgan fingerprint density at radius 1 is 1.15 bits per heavy atom. The molecule has 1 amide bonds. The number of benzene rings is 2. The van der Waals surface area contributed by atoms with Gasteiger partial charge >= 0.3 is 0 Å². The summed E-state index contributed by atoms with van der Waals surface area (Å²) in [6, 6.07) is 12.7. The molecule has 2 aromatic rings. The molecule has 2 nitrogen and oxygen atoms in total. The summed E-state index contributed by atoms with van der Waals surface area (Å²) in [4.78, 5) is 12.2. The van der Waals surface area contributed by atoms with E-state index in [9.17, 15) is 4.79 Å². The molecule has 0 aliphatic heterocycles. The van der Waals surface area contributed by atoms with Gasteiger partial charge in [0.05, 0.1) is 21.7 Å². The van der Waals surface area contributed by atoms with Gasteiger partial charge in [0, 0.05) is 3.57 Å². The molecule has 0 fully saturated rings. The van der Waals surface area contributed by atoms with Gasteiger partial charge in [-0.25, -0.2) is 0 Å². The highest BCUT2D eigenvalue weighted by Crippen LogP contribution is 2.25. The van der Waals surface area contributed by atoms with E-state index in [1.54, 1.807) is 18.2 Å². The standard InChI is InChI=1S/C15H12Cl2INO/c1-9(10-6-7-12(16)13(17)8-10)19-15(20)11-4-2-3-5-14(11)18/h2-9H,1H3,(H,19,20). The summed E-state index contributed by atoms with van der Waals surface area (Å²) in [6.45, 7) is 1.91. The monoisotopic (exact) mass is 419 g/mol. The summed E-state index contributed by atoms with van der Waals surface area (Å²) in [6.07, 6.45) is 0. The number of nitrogens with one attached hydrogen (secondary N) is 1. The van der Waals surface area contributed by atoms with E-state index in [0.717, 1.165) is 9.13 Å². The maximum absolute atomic E-state index is 12.2. The minimum atomic E-state index is -0.145. The molecule has 1 N–H and O–H groups in total. The van der Waals surface area contributed by atoms with Crippen molar-refractivity contribution in [1.82, 2.24) is 5.32 Å². The molecule has 0 spiro atoms. The van der Waals surface area contributed by atoms with Gasteiger partial charge in [0.2, 0.25) is 0 Å². The van der Waals surface area contributed by atoms with Crippen LogP contribution in [0.25, 0.3) is 0 Å². The molecule has 0 bridgehead atoms. The van der Waals surface area contributed by atoms with Crippen molar-refractivity contribution in [2.75, 3.05) is 0 Å². The maximum Gasteiger partial charge on any atom is 0.252 e. The van der Waals surface area contributed by atoms with Crippen LogP contribution in [0.1, 0.15) is 28.9 Å². The Kier molecular flexibility index (Phi) is 5.29. The van der Waals surface area contributed by atoms with Crippen molar-refractivity contribution in [2.24, 2.45) is 0 Å². The van der Waals surface area contributed by atoms with E-state index in [2.05, 4.69) is 27.9 Å². The number of carbonyl (C=O) groups excluding carboxylic acids is 1. The molecule has 0 saturated carbocycles. The fourth-order valence-corrected chi connectivity index (χ4v) is 2.72. The lowest BCUT2D eigenvalue weighted by Gasteiger charge is -2.15. The summed E-state index contributed by atoms with van der Waals surface area (Å²) in [5, 5.41) is 3.95. The lowest BCUT2D eigenvalue weighted by molar-refractivity contribution is 0.0939. The summed E-state index contributed by atoms with van der Waals surface area (Å²) >= 11 is 14.0. The molecule has 104 valence electrons. The average molecular weight is 420 g/mol. The van der Waals surface area contributed by atoms with Gasteiger partial charge < -0.3 is 5.32 Å². The molecule has 0 heterocycles. The number of halogens is 3. The SMILES string of the molecule is CC(NC(=O)c1ccccc1I)c1ccc(Cl)c(Cl)c1. The van der Waals surface area contributed by atoms with Crippen molar-refractivity contribution >= 4 is 51.7 Å². The topological polar surface area (TPSA) is 29.1 Å². The molecule has 0 aromatic heterocycles. The van der Waals surface area contributed by atoms with Gasteiger partial charge in [-0.1, -0.05) is 41.4 Å². The zero-order chi connectivity index (χ0) is 14.7. The summed E-state index contributed by atoms with van der Waals surface area (Å²) in [5.41, 5.74) is 1.58. The first-order valence-corrected chi connectivity index (χ1v) is 7.83. The van der Waals surface area contributed by atoms with Gasteiger partial charge in [-0.15, -0.1) is 0 Å². The summed E-state index contributed by atoms with van der Waals surface area (Å²) in [7, 11) is 0. The van der Waals surface area contributed by atoms with Crippen LogP contribution < -0.4 is 5.32 Å². The van der Waals surface area contributed by atoms with E-state index in [1.807, 2.05) is 31.2 Å². The number of hydrogen-bond donors (Lipinski definition) is 1. The second-order valence-corrected chi connectivity index (χ2v) is 6.33. The van der Waals surface area contributed by atoms with Crippen molar-refractivity contribution < 1.29 is 4.79 Å². The lowest BCUT2D eigenvalue weighted by Crippen LogP contribution is -2.27. The van der Waals surface area contributed by atoms with Crippen molar-refractivity contribution in [3.8, 4) is 0 Å². The van der Waals surface area contributed by atoms with Crippen molar-refractivity contribution in [1.29, 1.82) is 0 Å². The van der Waals surface area contributed by atoms with Gasteiger partial charge in [0.15, 0.2) is 0 Å². The van der Waals surface area contributed by atoms with Crippen LogP contribution in [-0.4, -0.2) is 5.91 Å². The molecule has 2 rings (SSSR count). The Morgan fingerprint density at radius 3 is 2.50 bits per heavy atom. The van der Waals surface area contributed by atoms with Gasteiger partial charge in [0.1, 0.15) is 0 Å². The van der Waals surface area contributed by atoms with Gasteiger partial charge in [-0.3, -0.25) is 4.79 Å². The first-order valence-electron chi connectivity index (χ1n) is 5.99. The molecule has 0 aliphatic rings. The van der Waals surface area contributed by atoms with Crippen LogP contribution in [0.2, 0.25) is 10.0 Å². The molecule has 5 heteroatoms. The molecular formula is C15H12Cl2INO. The molecule has 1 atom stereocenters. The van der Waals surface area contributed by atoms with E-state index < -0.39 is 0 Å². The molecular weight excluding hydrogens is 408 g/mol. The first-order chi connectivity index (χ1) is 9.49. The minimum absolute atomic E-state index is 0.103. The van der Waals surface area contributed by atoms with Gasteiger partial charge in [-0.05, 0) is 59.3 Å². The number of hydrogen-bond acceptors (Lipinski definition) is 1. The van der Waals surface area contributed by atoms with Gasteiger partial charge in [0.25, 0.3) is 5.91 Å². The van der Waals surface area contributed by atoms with E-state index in [4.69, 9.17) is 23.2 Å². The summed E-state index contributed by atoms with van der Waals surface area (Å²) < 4.78 is 0.920. The molecule has 0 aliphatic carbocycles. The highest BCUT2D eigenvalue weighted by atomic mass is 127. The van der Waals surface area contributed by atoms with E-state index in [0.29, 0.717) is 15.6 Å². The zero-order valence-corrected chi connectivity index (χ0v) is 14.3. The van der Waals surface area contributed by atoms with Crippen LogP contribution in [0.15, 0.2) is 42.5 Å². The van der Waals surface area contributed by atoms with Crippen LogP contribution in [-0.2, 0) is 0 Å². The normalized spacial score (nSPS) is 12.0. The van der Waals surface area contributed by atoms with Crippen molar-refractivity contribution in [3.63, 3.8) is 0 Å². The maximum atomic E-state index is 12.2. The Balaban J connectivity index is 2.15. The predicted molar refractivity (Wildman–Crippen MR) is 91.5 cm³/mol. The lowest BCUT2D eigenvalue weighted by atomic mass is 10.1. The summed E-state index contributed by atoms with van der Waals surface area (Å²) in [5.74, 6) is -0.103. The zero-order valence-electron chi connectivity index (χ0n) is 10.7. The van der Waals surface area contributed by atoms with Gasteiger partial charge in [-0.2, -0.15) is 0 Å². The molecule has 20 heavy (non-hydrogen) atoms. The largest absolute Gasteiger partial charge is 0.345 e. The number of rotatable bonds is 3. The Morgan fingerprint density at radius 2 is 1.85 bits per heavy atom. The third-order valence-corrected chi connectivity index (χ3v) is 4.59. The predicted octanol–water partition coefficient (Wildman–Crippen LogP) is 5.09. The van der Waals surface area contributed by atoms with Crippen LogP contribution in [0.5, 0.6) is 0 Å². The second-order valence-electron chi connectivity index (χ2n) is 4.35. The minimum Gasteiger partial charge on any atom is -0.345 e. The molecule has 0 saturated heterocycles. The third-order valence-electron chi connectivity index (χ3n) is 2.91. The van der Waals surface area contributed by atoms with E-state index >= 15 is 0 Å². The Bertz CT molecular complexity index is 646. The Labute approximate surface area is 141 Å². The van der Waals surface area contributed by atoms with Crippen LogP contribution >= 0.6 is 45.8 Å². The average Bonchev–Trinajstić information content (AvgIpc) is 2.42.